The second kappa shape index (κ2) is 6.32. The van der Waals surface area contributed by atoms with Crippen molar-refractivity contribution in [2.45, 2.75) is 6.61 Å². The van der Waals surface area contributed by atoms with Crippen molar-refractivity contribution in [2.24, 2.45) is 0 Å². The van der Waals surface area contributed by atoms with E-state index in [-0.39, 0.29) is 6.61 Å². The summed E-state index contributed by atoms with van der Waals surface area (Å²) in [5.74, 6) is -1.73. The van der Waals surface area contributed by atoms with Crippen LogP contribution in [0.1, 0.15) is 15.9 Å². The molecule has 0 unspecified atom stereocenters. The Bertz CT molecular complexity index is 705. The van der Waals surface area contributed by atoms with Crippen molar-refractivity contribution in [3.8, 4) is 0 Å². The third-order valence-electron chi connectivity index (χ3n) is 2.63. The Morgan fingerprint density at radius 2 is 2.05 bits per heavy atom. The molecule has 0 aliphatic rings. The maximum absolute atomic E-state index is 13.1. The number of rotatable bonds is 4. The summed E-state index contributed by atoms with van der Waals surface area (Å²) in [6.45, 7) is -0.118. The molecule has 2 aromatic carbocycles. The van der Waals surface area contributed by atoms with Crippen molar-refractivity contribution < 1.29 is 18.8 Å². The average Bonchev–Trinajstić information content (AvgIpc) is 2.44. The highest BCUT2D eigenvalue weighted by molar-refractivity contribution is 6.30. The number of carbonyl (C=O) groups is 1. The van der Waals surface area contributed by atoms with Gasteiger partial charge >= 0.3 is 5.97 Å². The molecule has 2 rings (SSSR count). The van der Waals surface area contributed by atoms with E-state index in [0.717, 1.165) is 18.2 Å². The Morgan fingerprint density at radius 1 is 1.29 bits per heavy atom. The number of esters is 1. The lowest BCUT2D eigenvalue weighted by atomic mass is 10.2. The highest BCUT2D eigenvalue weighted by Crippen LogP contribution is 2.21. The van der Waals surface area contributed by atoms with E-state index in [1.807, 2.05) is 0 Å². The maximum Gasteiger partial charge on any atom is 0.345 e. The lowest BCUT2D eigenvalue weighted by molar-refractivity contribution is -0.385. The Balaban J connectivity index is 2.17. The molecular formula is C14H9ClFNO4. The largest absolute Gasteiger partial charge is 0.457 e. The molecule has 108 valence electrons. The number of nitro groups is 1. The molecule has 0 aliphatic carbocycles. The minimum atomic E-state index is -0.971. The fourth-order valence-electron chi connectivity index (χ4n) is 1.68. The predicted molar refractivity (Wildman–Crippen MR) is 73.6 cm³/mol. The Hall–Kier alpha value is -2.47. The number of nitro benzene ring substituents is 1. The van der Waals surface area contributed by atoms with E-state index in [1.165, 1.54) is 0 Å². The Labute approximate surface area is 124 Å². The molecule has 0 spiro atoms. The zero-order chi connectivity index (χ0) is 15.4. The van der Waals surface area contributed by atoms with E-state index in [9.17, 15) is 19.3 Å². The molecule has 5 nitrogen and oxygen atoms in total. The first-order valence-corrected chi connectivity index (χ1v) is 6.20. The normalized spacial score (nSPS) is 10.2. The fraction of sp³-hybridized carbons (Fsp3) is 0.0714. The SMILES string of the molecule is O=C(OCc1cccc(Cl)c1)c1cc(F)ccc1[N+](=O)[O-]. The third kappa shape index (κ3) is 3.76. The highest BCUT2D eigenvalue weighted by Gasteiger charge is 2.22. The molecule has 0 atom stereocenters. The van der Waals surface area contributed by atoms with Crippen LogP contribution in [0.25, 0.3) is 0 Å². The minimum absolute atomic E-state index is 0.118. The number of carbonyl (C=O) groups excluding carboxylic acids is 1. The molecule has 0 aliphatic heterocycles. The van der Waals surface area contributed by atoms with E-state index < -0.39 is 28.0 Å². The van der Waals surface area contributed by atoms with Gasteiger partial charge in [-0.3, -0.25) is 10.1 Å². The lowest BCUT2D eigenvalue weighted by Crippen LogP contribution is -2.08. The molecule has 0 fully saturated rings. The number of hydrogen-bond donors (Lipinski definition) is 0. The van der Waals surface area contributed by atoms with Gasteiger partial charge in [0.05, 0.1) is 4.92 Å². The second-order valence-corrected chi connectivity index (χ2v) is 4.56. The van der Waals surface area contributed by atoms with Crippen LogP contribution in [0.3, 0.4) is 0 Å². The Morgan fingerprint density at radius 3 is 2.71 bits per heavy atom. The van der Waals surface area contributed by atoms with Crippen molar-refractivity contribution >= 4 is 23.3 Å². The van der Waals surface area contributed by atoms with Crippen molar-refractivity contribution in [3.05, 3.63) is 74.5 Å². The average molecular weight is 310 g/mol. The first-order chi connectivity index (χ1) is 9.97. The monoisotopic (exact) mass is 309 g/mol. The molecule has 0 bridgehead atoms. The van der Waals surface area contributed by atoms with Gasteiger partial charge in [0, 0.05) is 11.1 Å². The quantitative estimate of drug-likeness (QED) is 0.490. The first kappa shape index (κ1) is 14.9. The van der Waals surface area contributed by atoms with E-state index >= 15 is 0 Å². The molecule has 0 saturated carbocycles. The molecule has 0 aromatic heterocycles. The van der Waals surface area contributed by atoms with Crippen LogP contribution in [-0.2, 0) is 11.3 Å². The van der Waals surface area contributed by atoms with Gasteiger partial charge in [0.1, 0.15) is 18.0 Å². The summed E-state index contributed by atoms with van der Waals surface area (Å²) in [7, 11) is 0. The summed E-state index contributed by atoms with van der Waals surface area (Å²) in [5, 5.41) is 11.3. The molecular weight excluding hydrogens is 301 g/mol. The molecule has 7 heteroatoms. The van der Waals surface area contributed by atoms with Crippen LogP contribution >= 0.6 is 11.6 Å². The molecule has 2 aromatic rings. The van der Waals surface area contributed by atoms with Crippen LogP contribution in [0, 0.1) is 15.9 Å². The number of halogens is 2. The van der Waals surface area contributed by atoms with Crippen LogP contribution in [-0.4, -0.2) is 10.9 Å². The number of nitrogens with zero attached hydrogens (tertiary/aromatic N) is 1. The summed E-state index contributed by atoms with van der Waals surface area (Å²) in [5.41, 5.74) is -0.315. The van der Waals surface area contributed by atoms with Crippen LogP contribution in [0.5, 0.6) is 0 Å². The van der Waals surface area contributed by atoms with Gasteiger partial charge in [0.2, 0.25) is 0 Å². The van der Waals surface area contributed by atoms with E-state index in [4.69, 9.17) is 16.3 Å². The van der Waals surface area contributed by atoms with E-state index in [1.54, 1.807) is 24.3 Å². The van der Waals surface area contributed by atoms with Gasteiger partial charge in [0.25, 0.3) is 5.69 Å². The van der Waals surface area contributed by atoms with Gasteiger partial charge in [-0.25, -0.2) is 9.18 Å². The summed E-state index contributed by atoms with van der Waals surface area (Å²) in [6.07, 6.45) is 0. The smallest absolute Gasteiger partial charge is 0.345 e. The Kier molecular flexibility index (Phi) is 4.49. The van der Waals surface area contributed by atoms with Crippen molar-refractivity contribution in [3.63, 3.8) is 0 Å². The maximum atomic E-state index is 13.1. The van der Waals surface area contributed by atoms with E-state index in [0.29, 0.717) is 10.6 Å². The zero-order valence-corrected chi connectivity index (χ0v) is 11.3. The standard InChI is InChI=1S/C14H9ClFNO4/c15-10-3-1-2-9(6-10)8-21-14(18)12-7-11(16)4-5-13(12)17(19)20/h1-7H,8H2. The van der Waals surface area contributed by atoms with Gasteiger partial charge in [0.15, 0.2) is 0 Å². The number of ether oxygens (including phenoxy) is 1. The minimum Gasteiger partial charge on any atom is -0.457 e. The third-order valence-corrected chi connectivity index (χ3v) is 2.87. The lowest BCUT2D eigenvalue weighted by Gasteiger charge is -2.06. The van der Waals surface area contributed by atoms with Gasteiger partial charge in [-0.05, 0) is 29.8 Å². The van der Waals surface area contributed by atoms with Gasteiger partial charge in [-0.15, -0.1) is 0 Å². The topological polar surface area (TPSA) is 69.4 Å². The molecule has 0 saturated heterocycles. The number of hydrogen-bond acceptors (Lipinski definition) is 4. The fourth-order valence-corrected chi connectivity index (χ4v) is 1.90. The highest BCUT2D eigenvalue weighted by atomic mass is 35.5. The molecule has 0 N–H and O–H groups in total. The van der Waals surface area contributed by atoms with Crippen molar-refractivity contribution in [1.82, 2.24) is 0 Å². The van der Waals surface area contributed by atoms with Crippen LogP contribution in [0.15, 0.2) is 42.5 Å². The van der Waals surface area contributed by atoms with Crippen molar-refractivity contribution in [1.29, 1.82) is 0 Å². The van der Waals surface area contributed by atoms with Crippen molar-refractivity contribution in [2.75, 3.05) is 0 Å². The molecule has 0 heterocycles. The van der Waals surface area contributed by atoms with Crippen LogP contribution in [0.2, 0.25) is 5.02 Å². The molecule has 21 heavy (non-hydrogen) atoms. The summed E-state index contributed by atoms with van der Waals surface area (Å²) in [6, 6.07) is 9.21. The van der Waals surface area contributed by atoms with Crippen LogP contribution < -0.4 is 0 Å². The molecule has 0 radical (unpaired) electrons. The first-order valence-electron chi connectivity index (χ1n) is 5.83. The van der Waals surface area contributed by atoms with E-state index in [2.05, 4.69) is 0 Å². The second-order valence-electron chi connectivity index (χ2n) is 4.12. The predicted octanol–water partition coefficient (Wildman–Crippen LogP) is 3.74. The van der Waals surface area contributed by atoms with Gasteiger partial charge in [-0.2, -0.15) is 0 Å². The summed E-state index contributed by atoms with van der Waals surface area (Å²) in [4.78, 5) is 21.9. The van der Waals surface area contributed by atoms with Gasteiger partial charge in [-0.1, -0.05) is 23.7 Å². The van der Waals surface area contributed by atoms with Crippen LogP contribution in [0.4, 0.5) is 10.1 Å². The molecule has 0 amide bonds. The van der Waals surface area contributed by atoms with Gasteiger partial charge < -0.3 is 4.74 Å². The summed E-state index contributed by atoms with van der Waals surface area (Å²) >= 11 is 5.79. The number of benzene rings is 2. The summed E-state index contributed by atoms with van der Waals surface area (Å²) < 4.78 is 18.1. The zero-order valence-electron chi connectivity index (χ0n) is 10.6.